The van der Waals surface area contributed by atoms with E-state index in [1.165, 1.54) is 13.2 Å². The summed E-state index contributed by atoms with van der Waals surface area (Å²) in [6.45, 7) is -0.639. The van der Waals surface area contributed by atoms with Gasteiger partial charge in [-0.2, -0.15) is 13.2 Å². The Morgan fingerprint density at radius 2 is 2.04 bits per heavy atom. The normalized spacial score (nSPS) is 31.1. The second kappa shape index (κ2) is 6.00. The van der Waals surface area contributed by atoms with Crippen molar-refractivity contribution < 1.29 is 32.5 Å². The smallest absolute Gasteiger partial charge is 0.419 e. The average Bonchev–Trinajstić information content (AvgIpc) is 2.54. The van der Waals surface area contributed by atoms with Gasteiger partial charge in [0.25, 0.3) is 0 Å². The zero-order valence-corrected chi connectivity index (χ0v) is 14.8. The van der Waals surface area contributed by atoms with Crippen LogP contribution in [-0.4, -0.2) is 37.1 Å². The molecule has 0 aromatic heterocycles. The molecule has 1 unspecified atom stereocenters. The van der Waals surface area contributed by atoms with E-state index in [2.05, 4.69) is 10.6 Å². The lowest BCUT2D eigenvalue weighted by Crippen LogP contribution is -2.78. The first kappa shape index (κ1) is 18.4. The lowest BCUT2D eigenvalue weighted by molar-refractivity contribution is -0.194. The molecule has 1 aliphatic heterocycles. The van der Waals surface area contributed by atoms with Crippen molar-refractivity contribution in [2.75, 3.05) is 25.6 Å². The van der Waals surface area contributed by atoms with Crippen molar-refractivity contribution in [2.45, 2.75) is 37.6 Å². The van der Waals surface area contributed by atoms with Gasteiger partial charge in [-0.1, -0.05) is 0 Å². The van der Waals surface area contributed by atoms with Crippen molar-refractivity contribution in [1.29, 1.82) is 0 Å². The first-order valence-electron chi connectivity index (χ1n) is 8.85. The summed E-state index contributed by atoms with van der Waals surface area (Å²) in [6.07, 6.45) is -1.95. The van der Waals surface area contributed by atoms with Gasteiger partial charge in [0.1, 0.15) is 12.4 Å². The Labute approximate surface area is 154 Å². The molecule has 0 spiro atoms. The monoisotopic (exact) mass is 386 g/mol. The molecule has 3 N–H and O–H groups in total. The van der Waals surface area contributed by atoms with E-state index in [9.17, 15) is 18.0 Å². The number of carbonyl (C=O) groups is 1. The minimum absolute atomic E-state index is 0.0224. The Hall–Kier alpha value is -2.00. The molecule has 0 radical (unpaired) electrons. The highest BCUT2D eigenvalue weighted by atomic mass is 19.4. The number of hydrogen-bond donors (Lipinski definition) is 3. The number of alkyl halides is 3. The first-order valence-corrected chi connectivity index (χ1v) is 8.85. The fourth-order valence-electron chi connectivity index (χ4n) is 4.67. The van der Waals surface area contributed by atoms with Crippen LogP contribution in [-0.2, 0) is 22.3 Å². The van der Waals surface area contributed by atoms with E-state index in [0.717, 1.165) is 25.3 Å². The van der Waals surface area contributed by atoms with E-state index >= 15 is 0 Å². The van der Waals surface area contributed by atoms with E-state index < -0.39 is 30.0 Å². The predicted octanol–water partition coefficient (Wildman–Crippen LogP) is 2.26. The van der Waals surface area contributed by atoms with Crippen LogP contribution < -0.4 is 15.4 Å². The molecule has 1 atom stereocenters. The average molecular weight is 386 g/mol. The van der Waals surface area contributed by atoms with Gasteiger partial charge in [-0.3, -0.25) is 5.32 Å². The number of hydrogen-bond acceptors (Lipinski definition) is 6. The molecule has 1 heterocycles. The zero-order valence-electron chi connectivity index (χ0n) is 14.8. The number of nitrogens with one attached hydrogen (secondary N) is 2. The number of methoxy groups -OCH3 is 1. The van der Waals surface area contributed by atoms with Crippen molar-refractivity contribution in [3.05, 3.63) is 23.3 Å². The van der Waals surface area contributed by atoms with Gasteiger partial charge in [-0.25, -0.2) is 4.79 Å². The summed E-state index contributed by atoms with van der Waals surface area (Å²) in [7, 11) is 1.30. The van der Waals surface area contributed by atoms with Crippen LogP contribution in [0.1, 0.15) is 30.4 Å². The molecule has 3 saturated carbocycles. The third-order valence-electron chi connectivity index (χ3n) is 6.08. The van der Waals surface area contributed by atoms with Crippen LogP contribution in [0.2, 0.25) is 0 Å². The van der Waals surface area contributed by atoms with Crippen LogP contribution in [0, 0.1) is 11.3 Å². The summed E-state index contributed by atoms with van der Waals surface area (Å²) in [4.78, 5) is 12.7. The van der Waals surface area contributed by atoms with Crippen LogP contribution in [0.4, 0.5) is 18.9 Å². The molecule has 4 aliphatic rings. The molecule has 2 bridgehead atoms. The van der Waals surface area contributed by atoms with Gasteiger partial charge in [0, 0.05) is 23.2 Å². The number of anilines is 1. The summed E-state index contributed by atoms with van der Waals surface area (Å²) < 4.78 is 50.4. The molecular formula is C18H21F3N2O4. The summed E-state index contributed by atoms with van der Waals surface area (Å²) >= 11 is 0. The Morgan fingerprint density at radius 1 is 1.33 bits per heavy atom. The van der Waals surface area contributed by atoms with Crippen molar-refractivity contribution in [3.8, 4) is 5.75 Å². The van der Waals surface area contributed by atoms with Crippen LogP contribution in [0.3, 0.4) is 0 Å². The number of rotatable bonds is 5. The third-order valence-corrected chi connectivity index (χ3v) is 6.08. The molecule has 3 aliphatic carbocycles. The van der Waals surface area contributed by atoms with Gasteiger partial charge in [0.15, 0.2) is 5.66 Å². The highest BCUT2D eigenvalue weighted by molar-refractivity contribution is 5.87. The number of esters is 1. The van der Waals surface area contributed by atoms with Crippen molar-refractivity contribution in [3.63, 3.8) is 0 Å². The lowest BCUT2D eigenvalue weighted by Gasteiger charge is -2.69. The SMILES string of the molecule is COC(=O)C1(C23CC(C2)C3)NCc2c(ccc(C(F)(F)F)c2OCCO)N1. The molecular weight excluding hydrogens is 365 g/mol. The first-order chi connectivity index (χ1) is 12.8. The molecule has 27 heavy (non-hydrogen) atoms. The number of ether oxygens (including phenoxy) is 2. The minimum Gasteiger partial charge on any atom is -0.490 e. The summed E-state index contributed by atoms with van der Waals surface area (Å²) in [5, 5.41) is 15.2. The van der Waals surface area contributed by atoms with Crippen LogP contribution >= 0.6 is 0 Å². The fraction of sp³-hybridized carbons (Fsp3) is 0.611. The summed E-state index contributed by atoms with van der Waals surface area (Å²) in [5.41, 5.74) is -1.65. The van der Waals surface area contributed by atoms with E-state index in [1.807, 2.05) is 0 Å². The second-order valence-electron chi connectivity index (χ2n) is 7.52. The van der Waals surface area contributed by atoms with Gasteiger partial charge >= 0.3 is 12.1 Å². The van der Waals surface area contributed by atoms with Gasteiger partial charge < -0.3 is 19.9 Å². The quantitative estimate of drug-likeness (QED) is 0.674. The third kappa shape index (κ3) is 2.51. The van der Waals surface area contributed by atoms with Gasteiger partial charge in [0.05, 0.1) is 19.3 Å². The molecule has 1 aromatic rings. The van der Waals surface area contributed by atoms with Gasteiger partial charge in [-0.05, 0) is 37.3 Å². The largest absolute Gasteiger partial charge is 0.490 e. The number of aliphatic hydroxyl groups is 1. The lowest BCUT2D eigenvalue weighted by atomic mass is 9.39. The van der Waals surface area contributed by atoms with Crippen LogP contribution in [0.25, 0.3) is 0 Å². The van der Waals surface area contributed by atoms with Crippen molar-refractivity contribution in [1.82, 2.24) is 5.32 Å². The Balaban J connectivity index is 1.75. The second-order valence-corrected chi connectivity index (χ2v) is 7.52. The Morgan fingerprint density at radius 3 is 2.56 bits per heavy atom. The maximum atomic E-state index is 13.4. The molecule has 6 nitrogen and oxygen atoms in total. The van der Waals surface area contributed by atoms with Gasteiger partial charge in [0.2, 0.25) is 0 Å². The molecule has 0 saturated heterocycles. The van der Waals surface area contributed by atoms with E-state index in [0.29, 0.717) is 11.6 Å². The molecule has 9 heteroatoms. The topological polar surface area (TPSA) is 79.8 Å². The number of carbonyl (C=O) groups excluding carboxylic acids is 1. The standard InChI is InChI=1S/C18H21F3N2O4/c1-26-15(25)17(16-6-10(7-16)8-16)22-9-11-13(23-17)3-2-12(18(19,20)21)14(11)27-5-4-24/h2-3,10,22-24H,4-9H2,1H3. The van der Waals surface area contributed by atoms with Crippen LogP contribution in [0.5, 0.6) is 5.75 Å². The van der Waals surface area contributed by atoms with E-state index in [4.69, 9.17) is 14.6 Å². The van der Waals surface area contributed by atoms with E-state index in [1.54, 1.807) is 0 Å². The minimum atomic E-state index is -4.59. The molecule has 3 fully saturated rings. The zero-order chi connectivity index (χ0) is 19.4. The van der Waals surface area contributed by atoms with Crippen LogP contribution in [0.15, 0.2) is 12.1 Å². The molecule has 0 amide bonds. The highest BCUT2D eigenvalue weighted by Crippen LogP contribution is 2.70. The van der Waals surface area contributed by atoms with Crippen molar-refractivity contribution >= 4 is 11.7 Å². The fourth-order valence-corrected chi connectivity index (χ4v) is 4.67. The maximum absolute atomic E-state index is 13.4. The predicted molar refractivity (Wildman–Crippen MR) is 89.0 cm³/mol. The van der Waals surface area contributed by atoms with Crippen molar-refractivity contribution in [2.24, 2.45) is 11.3 Å². The number of aliphatic hydroxyl groups excluding tert-OH is 1. The number of fused-ring (bicyclic) bond motifs is 1. The maximum Gasteiger partial charge on any atom is 0.419 e. The molecule has 1 aromatic carbocycles. The number of halogens is 3. The summed E-state index contributed by atoms with van der Waals surface area (Å²) in [6, 6.07) is 2.27. The Bertz CT molecular complexity index is 766. The van der Waals surface area contributed by atoms with E-state index in [-0.39, 0.29) is 29.9 Å². The van der Waals surface area contributed by atoms with Gasteiger partial charge in [-0.15, -0.1) is 0 Å². The Kier molecular flexibility index (Phi) is 4.08. The number of benzene rings is 1. The molecule has 5 rings (SSSR count). The highest BCUT2D eigenvalue weighted by Gasteiger charge is 2.71. The molecule has 148 valence electrons. The summed E-state index contributed by atoms with van der Waals surface area (Å²) in [5.74, 6) is -0.193.